The first-order valence-electron chi connectivity index (χ1n) is 5.32. The van der Waals surface area contributed by atoms with Gasteiger partial charge < -0.3 is 10.6 Å². The quantitative estimate of drug-likeness (QED) is 0.824. The third kappa shape index (κ3) is 2.29. The number of nitrogen functional groups attached to an aromatic ring is 1. The van der Waals surface area contributed by atoms with Crippen LogP contribution in [0.25, 0.3) is 0 Å². The van der Waals surface area contributed by atoms with Crippen molar-refractivity contribution in [3.8, 4) is 0 Å². The molecule has 0 aliphatic rings. The molecule has 0 spiro atoms. The molecule has 0 fully saturated rings. The second-order valence-corrected chi connectivity index (χ2v) is 3.81. The molecule has 0 atom stereocenters. The van der Waals surface area contributed by atoms with Gasteiger partial charge in [-0.1, -0.05) is 0 Å². The summed E-state index contributed by atoms with van der Waals surface area (Å²) in [6.45, 7) is 0. The van der Waals surface area contributed by atoms with E-state index in [1.165, 1.54) is 23.1 Å². The summed E-state index contributed by atoms with van der Waals surface area (Å²) in [7, 11) is 1.64. The third-order valence-electron chi connectivity index (χ3n) is 2.60. The number of pyridine rings is 1. The van der Waals surface area contributed by atoms with Crippen molar-refractivity contribution in [2.75, 3.05) is 17.7 Å². The summed E-state index contributed by atoms with van der Waals surface area (Å²) in [6, 6.07) is 7.35. The zero-order chi connectivity index (χ0) is 13.1. The van der Waals surface area contributed by atoms with Crippen LogP contribution in [0.2, 0.25) is 0 Å². The van der Waals surface area contributed by atoms with E-state index in [1.807, 2.05) is 0 Å². The molecule has 0 aliphatic carbocycles. The van der Waals surface area contributed by atoms with E-state index in [0.717, 1.165) is 0 Å². The minimum Gasteiger partial charge on any atom is -0.396 e. The number of hydrogen-bond acceptors (Lipinski definition) is 3. The van der Waals surface area contributed by atoms with Gasteiger partial charge in [0.15, 0.2) is 0 Å². The molecule has 4 nitrogen and oxygen atoms in total. The summed E-state index contributed by atoms with van der Waals surface area (Å²) in [6.07, 6.45) is 3.19. The van der Waals surface area contributed by atoms with Crippen LogP contribution in [0.3, 0.4) is 0 Å². The molecule has 2 rings (SSSR count). The molecule has 0 saturated carbocycles. The van der Waals surface area contributed by atoms with Gasteiger partial charge in [-0.3, -0.25) is 9.78 Å². The van der Waals surface area contributed by atoms with Crippen molar-refractivity contribution in [3.05, 3.63) is 54.1 Å². The summed E-state index contributed by atoms with van der Waals surface area (Å²) in [4.78, 5) is 17.5. The van der Waals surface area contributed by atoms with Crippen LogP contribution >= 0.6 is 0 Å². The zero-order valence-electron chi connectivity index (χ0n) is 9.80. The highest BCUT2D eigenvalue weighted by molar-refractivity contribution is 6.06. The van der Waals surface area contributed by atoms with E-state index in [2.05, 4.69) is 4.98 Å². The highest BCUT2D eigenvalue weighted by Gasteiger charge is 2.14. The molecule has 2 aromatic rings. The number of carbonyl (C=O) groups is 1. The molecular formula is C13H12FN3O. The summed E-state index contributed by atoms with van der Waals surface area (Å²) >= 11 is 0. The number of anilines is 2. The van der Waals surface area contributed by atoms with Crippen molar-refractivity contribution in [2.45, 2.75) is 0 Å². The summed E-state index contributed by atoms with van der Waals surface area (Å²) in [5.41, 5.74) is 6.45. The van der Waals surface area contributed by atoms with Crippen LogP contribution in [0.5, 0.6) is 0 Å². The van der Waals surface area contributed by atoms with Crippen LogP contribution in [-0.2, 0) is 0 Å². The van der Waals surface area contributed by atoms with Gasteiger partial charge in [0.05, 0.1) is 5.69 Å². The molecule has 0 radical (unpaired) electrons. The fourth-order valence-electron chi connectivity index (χ4n) is 1.56. The number of nitrogens with zero attached hydrogens (tertiary/aromatic N) is 2. The Morgan fingerprint density at radius 1 is 1.28 bits per heavy atom. The van der Waals surface area contributed by atoms with E-state index >= 15 is 0 Å². The molecule has 92 valence electrons. The Labute approximate surface area is 104 Å². The Bertz CT molecular complexity index is 572. The lowest BCUT2D eigenvalue weighted by atomic mass is 10.1. The van der Waals surface area contributed by atoms with Crippen molar-refractivity contribution in [1.82, 2.24) is 4.98 Å². The van der Waals surface area contributed by atoms with Crippen LogP contribution in [0.1, 0.15) is 10.4 Å². The van der Waals surface area contributed by atoms with Crippen LogP contribution in [0.4, 0.5) is 15.8 Å². The first-order valence-corrected chi connectivity index (χ1v) is 5.32. The summed E-state index contributed by atoms with van der Waals surface area (Å²) in [5.74, 6) is -0.786. The van der Waals surface area contributed by atoms with Gasteiger partial charge in [-0.2, -0.15) is 0 Å². The Morgan fingerprint density at radius 3 is 2.56 bits per heavy atom. The van der Waals surface area contributed by atoms with Gasteiger partial charge in [0, 0.05) is 30.7 Å². The monoisotopic (exact) mass is 245 g/mol. The Hall–Kier alpha value is -2.43. The minimum absolute atomic E-state index is 0.0380. The molecule has 1 heterocycles. The smallest absolute Gasteiger partial charge is 0.258 e. The minimum atomic E-state index is -0.530. The van der Waals surface area contributed by atoms with Gasteiger partial charge in [0.1, 0.15) is 5.82 Å². The van der Waals surface area contributed by atoms with Crippen molar-refractivity contribution < 1.29 is 9.18 Å². The normalized spacial score (nSPS) is 10.1. The third-order valence-corrected chi connectivity index (χ3v) is 2.60. The predicted molar refractivity (Wildman–Crippen MR) is 67.8 cm³/mol. The van der Waals surface area contributed by atoms with Crippen LogP contribution in [-0.4, -0.2) is 17.9 Å². The largest absolute Gasteiger partial charge is 0.396 e. The van der Waals surface area contributed by atoms with Crippen LogP contribution in [0.15, 0.2) is 42.7 Å². The van der Waals surface area contributed by atoms with Gasteiger partial charge >= 0.3 is 0 Å². The van der Waals surface area contributed by atoms with Crippen molar-refractivity contribution in [2.24, 2.45) is 0 Å². The maximum atomic E-state index is 13.0. The SMILES string of the molecule is CN(C(=O)c1ccc(F)c(N)c1)c1ccncc1. The maximum absolute atomic E-state index is 13.0. The molecule has 0 unspecified atom stereocenters. The van der Waals surface area contributed by atoms with E-state index in [0.29, 0.717) is 11.3 Å². The number of aromatic nitrogens is 1. The number of amides is 1. The van der Waals surface area contributed by atoms with Crippen LogP contribution in [0, 0.1) is 5.82 Å². The van der Waals surface area contributed by atoms with Gasteiger partial charge in [0.2, 0.25) is 0 Å². The fourth-order valence-corrected chi connectivity index (χ4v) is 1.56. The standard InChI is InChI=1S/C13H12FN3O/c1-17(10-4-6-16-7-5-10)13(18)9-2-3-11(14)12(15)8-9/h2-8H,15H2,1H3. The van der Waals surface area contributed by atoms with E-state index in [-0.39, 0.29) is 11.6 Å². The molecule has 1 aromatic carbocycles. The predicted octanol–water partition coefficient (Wildman–Crippen LogP) is 2.08. The highest BCUT2D eigenvalue weighted by atomic mass is 19.1. The molecule has 18 heavy (non-hydrogen) atoms. The topological polar surface area (TPSA) is 59.2 Å². The highest BCUT2D eigenvalue weighted by Crippen LogP contribution is 2.17. The molecule has 1 aromatic heterocycles. The number of nitrogens with two attached hydrogens (primary N) is 1. The second kappa shape index (κ2) is 4.83. The van der Waals surface area contributed by atoms with Gasteiger partial charge in [-0.15, -0.1) is 0 Å². The number of carbonyl (C=O) groups excluding carboxylic acids is 1. The van der Waals surface area contributed by atoms with E-state index in [1.54, 1.807) is 31.6 Å². The number of rotatable bonds is 2. The molecular weight excluding hydrogens is 233 g/mol. The number of hydrogen-bond donors (Lipinski definition) is 1. The van der Waals surface area contributed by atoms with E-state index in [9.17, 15) is 9.18 Å². The first-order chi connectivity index (χ1) is 8.59. The lowest BCUT2D eigenvalue weighted by Crippen LogP contribution is -2.26. The van der Waals surface area contributed by atoms with Crippen molar-refractivity contribution >= 4 is 17.3 Å². The molecule has 1 amide bonds. The van der Waals surface area contributed by atoms with Gasteiger partial charge in [0.25, 0.3) is 5.91 Å². The van der Waals surface area contributed by atoms with Crippen molar-refractivity contribution in [1.29, 1.82) is 0 Å². The molecule has 5 heteroatoms. The Balaban J connectivity index is 2.29. The fraction of sp³-hybridized carbons (Fsp3) is 0.0769. The van der Waals surface area contributed by atoms with Gasteiger partial charge in [-0.25, -0.2) is 4.39 Å². The average Bonchev–Trinajstić information content (AvgIpc) is 2.41. The van der Waals surface area contributed by atoms with Crippen molar-refractivity contribution in [3.63, 3.8) is 0 Å². The molecule has 0 bridgehead atoms. The first kappa shape index (κ1) is 12.0. The zero-order valence-corrected chi connectivity index (χ0v) is 9.80. The van der Waals surface area contributed by atoms with E-state index < -0.39 is 5.82 Å². The summed E-state index contributed by atoms with van der Waals surface area (Å²) in [5, 5.41) is 0. The van der Waals surface area contributed by atoms with Gasteiger partial charge in [-0.05, 0) is 30.3 Å². The molecule has 0 aliphatic heterocycles. The van der Waals surface area contributed by atoms with E-state index in [4.69, 9.17) is 5.73 Å². The summed E-state index contributed by atoms with van der Waals surface area (Å²) < 4.78 is 13.0. The number of benzene rings is 1. The Morgan fingerprint density at radius 2 is 1.94 bits per heavy atom. The molecule has 0 saturated heterocycles. The lowest BCUT2D eigenvalue weighted by molar-refractivity contribution is 0.0993. The lowest BCUT2D eigenvalue weighted by Gasteiger charge is -2.17. The maximum Gasteiger partial charge on any atom is 0.258 e. The Kier molecular flexibility index (Phi) is 3.23. The number of halogens is 1. The average molecular weight is 245 g/mol. The second-order valence-electron chi connectivity index (χ2n) is 3.81. The van der Waals surface area contributed by atoms with Crippen LogP contribution < -0.4 is 10.6 Å². The molecule has 2 N–H and O–H groups in total.